The highest BCUT2D eigenvalue weighted by atomic mass is 32.2. The Labute approximate surface area is 110 Å². The van der Waals surface area contributed by atoms with Gasteiger partial charge in [-0.25, -0.2) is 0 Å². The van der Waals surface area contributed by atoms with E-state index in [0.29, 0.717) is 11.1 Å². The number of hydrogen-bond acceptors (Lipinski definition) is 6. The number of unbranched alkanes of at least 4 members (excludes halogenated alkanes) is 1. The van der Waals surface area contributed by atoms with Crippen LogP contribution in [0.25, 0.3) is 0 Å². The van der Waals surface area contributed by atoms with Gasteiger partial charge in [0, 0.05) is 17.3 Å². The molecule has 1 saturated heterocycles. The first-order chi connectivity index (χ1) is 8.31. The van der Waals surface area contributed by atoms with Gasteiger partial charge in [0.1, 0.15) is 0 Å². The van der Waals surface area contributed by atoms with Crippen molar-refractivity contribution >= 4 is 23.5 Å². The van der Waals surface area contributed by atoms with Crippen LogP contribution in [0, 0.1) is 0 Å². The summed E-state index contributed by atoms with van der Waals surface area (Å²) < 4.78 is 5.27. The van der Waals surface area contributed by atoms with Gasteiger partial charge in [-0.15, -0.1) is 11.8 Å². The summed E-state index contributed by atoms with van der Waals surface area (Å²) in [5, 5.41) is 4.45. The summed E-state index contributed by atoms with van der Waals surface area (Å²) in [4.78, 5) is 4.45. The maximum Gasteiger partial charge on any atom is 0.243 e. The van der Waals surface area contributed by atoms with Crippen molar-refractivity contribution in [2.75, 3.05) is 17.3 Å². The molecular formula is C11H19N3OS2. The van der Waals surface area contributed by atoms with Crippen LogP contribution in [0.1, 0.15) is 49.2 Å². The molecule has 1 aromatic rings. The molecule has 0 bridgehead atoms. The molecule has 2 heterocycles. The van der Waals surface area contributed by atoms with E-state index in [2.05, 4.69) is 17.1 Å². The standard InChI is InChI=1S/C11H19N3OS2/c1-2-3-4-8(12)11-13-10(14-15-11)9-7-16-5-6-17-9/h8-9H,2-7,12H2,1H3/t8-,9?/m0/s1. The molecule has 0 saturated carbocycles. The van der Waals surface area contributed by atoms with E-state index in [1.165, 1.54) is 11.5 Å². The summed E-state index contributed by atoms with van der Waals surface area (Å²) in [7, 11) is 0. The van der Waals surface area contributed by atoms with Crippen molar-refractivity contribution in [1.82, 2.24) is 10.1 Å². The molecule has 17 heavy (non-hydrogen) atoms. The summed E-state index contributed by atoms with van der Waals surface area (Å²) in [6.45, 7) is 2.15. The summed E-state index contributed by atoms with van der Waals surface area (Å²) in [5.41, 5.74) is 6.02. The first-order valence-corrected chi connectivity index (χ1v) is 8.30. The summed E-state index contributed by atoms with van der Waals surface area (Å²) in [6, 6.07) is -0.0996. The van der Waals surface area contributed by atoms with Crippen LogP contribution in [0.3, 0.4) is 0 Å². The van der Waals surface area contributed by atoms with Gasteiger partial charge in [0.25, 0.3) is 0 Å². The van der Waals surface area contributed by atoms with Crippen LogP contribution in [0.2, 0.25) is 0 Å². The lowest BCUT2D eigenvalue weighted by Gasteiger charge is -2.17. The Hall–Kier alpha value is -0.200. The van der Waals surface area contributed by atoms with Crippen LogP contribution < -0.4 is 5.73 Å². The predicted octanol–water partition coefficient (Wildman–Crippen LogP) is 2.78. The lowest BCUT2D eigenvalue weighted by molar-refractivity contribution is 0.343. The molecule has 1 aliphatic rings. The molecule has 0 aliphatic carbocycles. The summed E-state index contributed by atoms with van der Waals surface area (Å²) >= 11 is 3.87. The number of hydrogen-bond donors (Lipinski definition) is 1. The van der Waals surface area contributed by atoms with Gasteiger partial charge in [0.15, 0.2) is 5.82 Å². The van der Waals surface area contributed by atoms with Gasteiger partial charge in [-0.05, 0) is 6.42 Å². The highest BCUT2D eigenvalue weighted by molar-refractivity contribution is 8.06. The average molecular weight is 273 g/mol. The van der Waals surface area contributed by atoms with Gasteiger partial charge in [-0.3, -0.25) is 0 Å². The maximum absolute atomic E-state index is 6.02. The van der Waals surface area contributed by atoms with E-state index in [1.807, 2.05) is 23.5 Å². The van der Waals surface area contributed by atoms with E-state index < -0.39 is 0 Å². The highest BCUT2D eigenvalue weighted by Gasteiger charge is 2.23. The molecule has 0 spiro atoms. The Balaban J connectivity index is 1.94. The van der Waals surface area contributed by atoms with Crippen LogP contribution in [-0.2, 0) is 0 Å². The summed E-state index contributed by atoms with van der Waals surface area (Å²) in [6.07, 6.45) is 3.17. The minimum Gasteiger partial charge on any atom is -0.338 e. The third kappa shape index (κ3) is 3.63. The Morgan fingerprint density at radius 2 is 2.41 bits per heavy atom. The zero-order valence-electron chi connectivity index (χ0n) is 10.1. The highest BCUT2D eigenvalue weighted by Crippen LogP contribution is 2.35. The third-order valence-electron chi connectivity index (χ3n) is 2.75. The van der Waals surface area contributed by atoms with Gasteiger partial charge in [-0.2, -0.15) is 16.7 Å². The molecule has 1 unspecified atom stereocenters. The van der Waals surface area contributed by atoms with Crippen molar-refractivity contribution < 1.29 is 4.52 Å². The maximum atomic E-state index is 6.02. The number of rotatable bonds is 5. The summed E-state index contributed by atoms with van der Waals surface area (Å²) in [5.74, 6) is 4.89. The van der Waals surface area contributed by atoms with Crippen LogP contribution in [-0.4, -0.2) is 27.4 Å². The van der Waals surface area contributed by atoms with Crippen molar-refractivity contribution in [2.24, 2.45) is 5.73 Å². The molecule has 2 rings (SSSR count). The predicted molar refractivity (Wildman–Crippen MR) is 73.3 cm³/mol. The molecule has 0 radical (unpaired) electrons. The van der Waals surface area contributed by atoms with Gasteiger partial charge in [-0.1, -0.05) is 24.9 Å². The Bertz CT molecular complexity index is 339. The monoisotopic (exact) mass is 273 g/mol. The fourth-order valence-electron chi connectivity index (χ4n) is 1.71. The van der Waals surface area contributed by atoms with E-state index in [-0.39, 0.29) is 6.04 Å². The lowest BCUT2D eigenvalue weighted by Crippen LogP contribution is -2.11. The largest absolute Gasteiger partial charge is 0.338 e. The van der Waals surface area contributed by atoms with Gasteiger partial charge in [0.2, 0.25) is 5.89 Å². The van der Waals surface area contributed by atoms with Crippen molar-refractivity contribution in [1.29, 1.82) is 0 Å². The van der Waals surface area contributed by atoms with E-state index in [9.17, 15) is 0 Å². The zero-order chi connectivity index (χ0) is 12.1. The fourth-order valence-corrected chi connectivity index (χ4v) is 4.30. The SMILES string of the molecule is CCCC[C@H](N)c1nc(C2CSCCS2)no1. The van der Waals surface area contributed by atoms with Crippen LogP contribution in [0.4, 0.5) is 0 Å². The molecular weight excluding hydrogens is 254 g/mol. The molecule has 0 amide bonds. The number of thioether (sulfide) groups is 2. The minimum atomic E-state index is -0.0996. The van der Waals surface area contributed by atoms with E-state index in [0.717, 1.165) is 30.8 Å². The zero-order valence-corrected chi connectivity index (χ0v) is 11.7. The lowest BCUT2D eigenvalue weighted by atomic mass is 10.1. The topological polar surface area (TPSA) is 64.9 Å². The fraction of sp³-hybridized carbons (Fsp3) is 0.818. The second kappa shape index (κ2) is 6.66. The van der Waals surface area contributed by atoms with Gasteiger partial charge < -0.3 is 10.3 Å². The first-order valence-electron chi connectivity index (χ1n) is 6.09. The van der Waals surface area contributed by atoms with Crippen LogP contribution >= 0.6 is 23.5 Å². The van der Waals surface area contributed by atoms with E-state index >= 15 is 0 Å². The second-order valence-corrected chi connectivity index (χ2v) is 6.63. The number of nitrogens with zero attached hydrogens (tertiary/aromatic N) is 2. The van der Waals surface area contributed by atoms with E-state index in [4.69, 9.17) is 10.3 Å². The molecule has 96 valence electrons. The van der Waals surface area contributed by atoms with Crippen molar-refractivity contribution in [2.45, 2.75) is 37.5 Å². The van der Waals surface area contributed by atoms with Crippen molar-refractivity contribution in [3.05, 3.63) is 11.7 Å². The third-order valence-corrected chi connectivity index (χ3v) is 5.50. The number of aromatic nitrogens is 2. The Morgan fingerprint density at radius 1 is 1.53 bits per heavy atom. The molecule has 6 heteroatoms. The van der Waals surface area contributed by atoms with Gasteiger partial charge in [0.05, 0.1) is 11.3 Å². The van der Waals surface area contributed by atoms with Crippen molar-refractivity contribution in [3.8, 4) is 0 Å². The molecule has 1 aromatic heterocycles. The van der Waals surface area contributed by atoms with E-state index in [1.54, 1.807) is 0 Å². The Kier molecular flexibility index (Phi) is 5.18. The van der Waals surface area contributed by atoms with Crippen LogP contribution in [0.5, 0.6) is 0 Å². The second-order valence-electron chi connectivity index (χ2n) is 4.17. The Morgan fingerprint density at radius 3 is 3.12 bits per heavy atom. The molecule has 1 fully saturated rings. The minimum absolute atomic E-state index is 0.0996. The van der Waals surface area contributed by atoms with Crippen LogP contribution in [0.15, 0.2) is 4.52 Å². The van der Waals surface area contributed by atoms with Crippen molar-refractivity contribution in [3.63, 3.8) is 0 Å². The molecule has 4 nitrogen and oxygen atoms in total. The quantitative estimate of drug-likeness (QED) is 0.890. The molecule has 1 aliphatic heterocycles. The number of nitrogens with two attached hydrogens (primary N) is 1. The first kappa shape index (κ1) is 13.2. The smallest absolute Gasteiger partial charge is 0.243 e. The molecule has 2 atom stereocenters. The van der Waals surface area contributed by atoms with Gasteiger partial charge >= 0.3 is 0 Å². The molecule has 2 N–H and O–H groups in total. The molecule has 0 aromatic carbocycles. The average Bonchev–Trinajstić information content (AvgIpc) is 2.86. The normalized spacial score (nSPS) is 22.6.